The molecule has 1 rings (SSSR count). The topological polar surface area (TPSA) is 105 Å². The fourth-order valence-electron chi connectivity index (χ4n) is 1.07. The Morgan fingerprint density at radius 3 is 2.71 bits per heavy atom. The van der Waals surface area contributed by atoms with Crippen LogP contribution in [0.1, 0.15) is 24.2 Å². The summed E-state index contributed by atoms with van der Waals surface area (Å²) in [4.78, 5) is 25.8. The first kappa shape index (κ1) is 13.0. The molecule has 0 bridgehead atoms. The van der Waals surface area contributed by atoms with Gasteiger partial charge in [-0.25, -0.2) is 4.98 Å². The van der Waals surface area contributed by atoms with E-state index >= 15 is 0 Å². The highest BCUT2D eigenvalue weighted by atomic mass is 16.4. The molecule has 1 heterocycles. The van der Waals surface area contributed by atoms with E-state index in [0.29, 0.717) is 11.4 Å². The van der Waals surface area contributed by atoms with E-state index < -0.39 is 17.3 Å². The van der Waals surface area contributed by atoms with E-state index in [2.05, 4.69) is 10.3 Å². The van der Waals surface area contributed by atoms with Crippen LogP contribution in [-0.2, 0) is 4.79 Å². The Hall–Kier alpha value is -2.11. The highest BCUT2D eigenvalue weighted by molar-refractivity contribution is 5.93. The van der Waals surface area contributed by atoms with Gasteiger partial charge in [-0.15, -0.1) is 0 Å². The van der Waals surface area contributed by atoms with E-state index in [4.69, 9.17) is 10.8 Å². The second kappa shape index (κ2) is 4.82. The Balaban J connectivity index is 2.73. The molecule has 0 aliphatic carbocycles. The van der Waals surface area contributed by atoms with Crippen molar-refractivity contribution in [3.8, 4) is 0 Å². The van der Waals surface area contributed by atoms with Crippen molar-refractivity contribution in [1.29, 1.82) is 0 Å². The minimum atomic E-state index is -0.912. The fourth-order valence-corrected chi connectivity index (χ4v) is 1.07. The van der Waals surface area contributed by atoms with Crippen LogP contribution in [0.5, 0.6) is 0 Å². The van der Waals surface area contributed by atoms with Crippen LogP contribution >= 0.6 is 0 Å². The van der Waals surface area contributed by atoms with Crippen molar-refractivity contribution in [3.63, 3.8) is 0 Å². The van der Waals surface area contributed by atoms with Gasteiger partial charge in [0.25, 0.3) is 0 Å². The zero-order chi connectivity index (χ0) is 13.1. The number of carboxylic acids is 1. The molecule has 0 fully saturated rings. The van der Waals surface area contributed by atoms with Gasteiger partial charge in [-0.1, -0.05) is 0 Å². The minimum absolute atomic E-state index is 0.206. The first-order valence-electron chi connectivity index (χ1n) is 5.06. The maximum atomic E-state index is 10.9. The monoisotopic (exact) mass is 237 g/mol. The number of carbonyl (C=O) groups is 2. The predicted octanol–water partition coefficient (Wildman–Crippen LogP) is 0.703. The lowest BCUT2D eigenvalue weighted by atomic mass is 9.94. The number of carboxylic acid groups (broad SMARTS) is 1. The third-order valence-electron chi connectivity index (χ3n) is 2.33. The molecule has 4 N–H and O–H groups in total. The summed E-state index contributed by atoms with van der Waals surface area (Å²) in [5, 5.41) is 11.8. The number of rotatable bonds is 5. The summed E-state index contributed by atoms with van der Waals surface area (Å²) < 4.78 is 0. The number of carbonyl (C=O) groups excluding carboxylic acids is 1. The summed E-state index contributed by atoms with van der Waals surface area (Å²) >= 11 is 0. The quantitative estimate of drug-likeness (QED) is 0.699. The third-order valence-corrected chi connectivity index (χ3v) is 2.33. The molecule has 0 aliphatic rings. The zero-order valence-corrected chi connectivity index (χ0v) is 9.73. The van der Waals surface area contributed by atoms with Crippen molar-refractivity contribution in [2.24, 2.45) is 11.1 Å². The van der Waals surface area contributed by atoms with Crippen LogP contribution in [-0.4, -0.2) is 28.5 Å². The highest BCUT2D eigenvalue weighted by Gasteiger charge is 2.26. The molecular formula is C11H15N3O3. The molecule has 6 heteroatoms. The second-order valence-electron chi connectivity index (χ2n) is 4.34. The number of anilines is 1. The summed E-state index contributed by atoms with van der Waals surface area (Å²) in [5.41, 5.74) is 4.54. The molecule has 0 radical (unpaired) electrons. The average molecular weight is 237 g/mol. The average Bonchev–Trinajstić information content (AvgIpc) is 2.26. The van der Waals surface area contributed by atoms with Crippen LogP contribution < -0.4 is 11.1 Å². The van der Waals surface area contributed by atoms with E-state index in [1.165, 1.54) is 18.3 Å². The number of nitrogens with one attached hydrogen (secondary N) is 1. The normalized spacial score (nSPS) is 10.9. The van der Waals surface area contributed by atoms with Crippen molar-refractivity contribution < 1.29 is 14.7 Å². The Morgan fingerprint density at radius 2 is 2.18 bits per heavy atom. The van der Waals surface area contributed by atoms with Crippen molar-refractivity contribution in [2.45, 2.75) is 13.8 Å². The number of nitrogens with two attached hydrogens (primary N) is 1. The number of primary amides is 1. The Morgan fingerprint density at radius 1 is 1.53 bits per heavy atom. The van der Waals surface area contributed by atoms with Gasteiger partial charge in [0.05, 0.1) is 5.41 Å². The molecule has 0 aliphatic heterocycles. The van der Waals surface area contributed by atoms with Crippen molar-refractivity contribution in [1.82, 2.24) is 4.98 Å². The van der Waals surface area contributed by atoms with Crippen LogP contribution in [0, 0.1) is 5.41 Å². The van der Waals surface area contributed by atoms with Crippen molar-refractivity contribution in [2.75, 3.05) is 11.9 Å². The van der Waals surface area contributed by atoms with Crippen LogP contribution in [0.4, 0.5) is 5.82 Å². The predicted molar refractivity (Wildman–Crippen MR) is 62.7 cm³/mol. The van der Waals surface area contributed by atoms with E-state index in [-0.39, 0.29) is 6.54 Å². The third kappa shape index (κ3) is 3.44. The lowest BCUT2D eigenvalue weighted by Crippen LogP contribution is -2.32. The Kier molecular flexibility index (Phi) is 3.67. The van der Waals surface area contributed by atoms with Gasteiger partial charge in [-0.05, 0) is 26.0 Å². The van der Waals surface area contributed by atoms with Gasteiger partial charge in [0.15, 0.2) is 0 Å². The van der Waals surface area contributed by atoms with Crippen LogP contribution in [0.15, 0.2) is 18.3 Å². The first-order chi connectivity index (χ1) is 7.83. The molecule has 1 amide bonds. The molecule has 0 spiro atoms. The number of hydrogen-bond acceptors (Lipinski definition) is 4. The maximum Gasteiger partial charge on any atom is 0.310 e. The summed E-state index contributed by atoms with van der Waals surface area (Å²) in [6, 6.07) is 2.98. The van der Waals surface area contributed by atoms with Crippen LogP contribution in [0.2, 0.25) is 0 Å². The van der Waals surface area contributed by atoms with E-state index in [9.17, 15) is 9.59 Å². The summed E-state index contributed by atoms with van der Waals surface area (Å²) in [5.74, 6) is -1.03. The fraction of sp³-hybridized carbons (Fsp3) is 0.364. The Bertz CT molecular complexity index is 443. The SMILES string of the molecule is CC(C)(CNc1cc(C(N)=O)ccn1)C(=O)O. The molecule has 6 nitrogen and oxygen atoms in total. The number of hydrogen-bond donors (Lipinski definition) is 3. The van der Waals surface area contributed by atoms with Gasteiger partial charge in [0.2, 0.25) is 5.91 Å². The molecule has 1 aromatic heterocycles. The van der Waals surface area contributed by atoms with Gasteiger partial charge in [0, 0.05) is 18.3 Å². The lowest BCUT2D eigenvalue weighted by Gasteiger charge is -2.19. The smallest absolute Gasteiger partial charge is 0.310 e. The number of amides is 1. The molecular weight excluding hydrogens is 222 g/mol. The molecule has 0 aromatic carbocycles. The number of pyridine rings is 1. The van der Waals surface area contributed by atoms with Crippen molar-refractivity contribution >= 4 is 17.7 Å². The molecule has 0 unspecified atom stereocenters. The molecule has 1 aromatic rings. The minimum Gasteiger partial charge on any atom is -0.481 e. The number of aromatic nitrogens is 1. The summed E-state index contributed by atoms with van der Waals surface area (Å²) in [7, 11) is 0. The van der Waals surface area contributed by atoms with Gasteiger partial charge in [0.1, 0.15) is 5.82 Å². The first-order valence-corrected chi connectivity index (χ1v) is 5.06. The van der Waals surface area contributed by atoms with E-state index in [1.807, 2.05) is 0 Å². The van der Waals surface area contributed by atoms with Crippen molar-refractivity contribution in [3.05, 3.63) is 23.9 Å². The number of nitrogens with zero attached hydrogens (tertiary/aromatic N) is 1. The van der Waals surface area contributed by atoms with Gasteiger partial charge < -0.3 is 16.2 Å². The van der Waals surface area contributed by atoms with E-state index in [1.54, 1.807) is 13.8 Å². The zero-order valence-electron chi connectivity index (χ0n) is 9.73. The largest absolute Gasteiger partial charge is 0.481 e. The van der Waals surface area contributed by atoms with Crippen LogP contribution in [0.3, 0.4) is 0 Å². The molecule has 17 heavy (non-hydrogen) atoms. The maximum absolute atomic E-state index is 10.9. The van der Waals surface area contributed by atoms with Gasteiger partial charge in [-0.2, -0.15) is 0 Å². The molecule has 0 saturated heterocycles. The standard InChI is InChI=1S/C11H15N3O3/c1-11(2,10(16)17)6-14-8-5-7(9(12)15)3-4-13-8/h3-5H,6H2,1-2H3,(H2,12,15)(H,13,14)(H,16,17). The summed E-state index contributed by atoms with van der Waals surface area (Å²) in [6.45, 7) is 3.40. The van der Waals surface area contributed by atoms with Gasteiger partial charge in [-0.3, -0.25) is 9.59 Å². The summed E-state index contributed by atoms with van der Waals surface area (Å²) in [6.07, 6.45) is 1.44. The highest BCUT2D eigenvalue weighted by Crippen LogP contribution is 2.16. The molecule has 0 saturated carbocycles. The molecule has 0 atom stereocenters. The van der Waals surface area contributed by atoms with Gasteiger partial charge >= 0.3 is 5.97 Å². The number of aliphatic carboxylic acids is 1. The Labute approximate surface area is 98.8 Å². The second-order valence-corrected chi connectivity index (χ2v) is 4.34. The van der Waals surface area contributed by atoms with E-state index in [0.717, 1.165) is 0 Å². The lowest BCUT2D eigenvalue weighted by molar-refractivity contribution is -0.146. The van der Waals surface area contributed by atoms with Crippen LogP contribution in [0.25, 0.3) is 0 Å². The molecule has 92 valence electrons.